The van der Waals surface area contributed by atoms with Crippen LogP contribution in [0, 0.1) is 0 Å². The number of quaternary nitrogens is 1. The van der Waals surface area contributed by atoms with E-state index in [4.69, 9.17) is 9.47 Å². The number of carbonyl (C=O) groups excluding carboxylic acids is 2. The molecule has 0 spiro atoms. The van der Waals surface area contributed by atoms with Crippen molar-refractivity contribution in [3.05, 3.63) is 23.3 Å². The van der Waals surface area contributed by atoms with Gasteiger partial charge in [-0.15, -0.1) is 0 Å². The number of nitrogens with one attached hydrogen (secondary N) is 3. The highest BCUT2D eigenvalue weighted by atomic mass is 16.5. The summed E-state index contributed by atoms with van der Waals surface area (Å²) in [5, 5.41) is 5.04. The van der Waals surface area contributed by atoms with Gasteiger partial charge in [-0.05, 0) is 45.4 Å². The Kier molecular flexibility index (Phi) is 7.26. The highest BCUT2D eigenvalue weighted by Crippen LogP contribution is 2.32. The number of rotatable bonds is 7. The fourth-order valence-corrected chi connectivity index (χ4v) is 3.09. The molecule has 0 aromatic heterocycles. The van der Waals surface area contributed by atoms with Crippen molar-refractivity contribution in [3.63, 3.8) is 0 Å². The van der Waals surface area contributed by atoms with E-state index in [0.29, 0.717) is 13.2 Å². The van der Waals surface area contributed by atoms with E-state index in [1.54, 1.807) is 0 Å². The van der Waals surface area contributed by atoms with Crippen LogP contribution < -0.4 is 25.0 Å². The number of carbonyl (C=O) groups is 2. The SMILES string of the molecule is CCOc1cc2c(cc1OCC)C[NH+](CC(=O)NC(=O)NC(C)C)CC2. The first-order valence-electron chi connectivity index (χ1n) is 9.28. The molecule has 1 aromatic rings. The number of hydrogen-bond acceptors (Lipinski definition) is 4. The lowest BCUT2D eigenvalue weighted by molar-refractivity contribution is -0.908. The van der Waals surface area contributed by atoms with E-state index in [1.165, 1.54) is 5.56 Å². The van der Waals surface area contributed by atoms with Crippen molar-refractivity contribution in [3.8, 4) is 11.5 Å². The molecule has 0 saturated heterocycles. The highest BCUT2D eigenvalue weighted by molar-refractivity contribution is 5.94. The second-order valence-electron chi connectivity index (χ2n) is 6.71. The van der Waals surface area contributed by atoms with E-state index in [9.17, 15) is 9.59 Å². The first-order valence-corrected chi connectivity index (χ1v) is 9.28. The van der Waals surface area contributed by atoms with Crippen molar-refractivity contribution in [1.29, 1.82) is 0 Å². The van der Waals surface area contributed by atoms with Crippen molar-refractivity contribution in [2.24, 2.45) is 0 Å². The smallest absolute Gasteiger partial charge is 0.321 e. The highest BCUT2D eigenvalue weighted by Gasteiger charge is 2.24. The zero-order chi connectivity index (χ0) is 19.1. The largest absolute Gasteiger partial charge is 0.490 e. The third-order valence-corrected chi connectivity index (χ3v) is 4.14. The van der Waals surface area contributed by atoms with Crippen LogP contribution in [0.1, 0.15) is 38.8 Å². The van der Waals surface area contributed by atoms with Crippen LogP contribution in [-0.2, 0) is 17.8 Å². The second-order valence-corrected chi connectivity index (χ2v) is 6.71. The maximum absolute atomic E-state index is 12.1. The molecule has 0 aliphatic carbocycles. The molecule has 3 amide bonds. The molecule has 144 valence electrons. The van der Waals surface area contributed by atoms with Crippen LogP contribution in [-0.4, -0.2) is 44.3 Å². The van der Waals surface area contributed by atoms with Gasteiger partial charge in [0.15, 0.2) is 18.0 Å². The molecule has 2 rings (SSSR count). The predicted octanol–water partition coefficient (Wildman–Crippen LogP) is 0.659. The van der Waals surface area contributed by atoms with E-state index in [0.717, 1.165) is 41.5 Å². The summed E-state index contributed by atoms with van der Waals surface area (Å²) in [5.74, 6) is 1.26. The summed E-state index contributed by atoms with van der Waals surface area (Å²) in [6, 6.07) is 3.62. The average molecular weight is 364 g/mol. The number of urea groups is 1. The third-order valence-electron chi connectivity index (χ3n) is 4.14. The molecule has 0 saturated carbocycles. The van der Waals surface area contributed by atoms with Crippen LogP contribution in [0.2, 0.25) is 0 Å². The van der Waals surface area contributed by atoms with Gasteiger partial charge in [0.1, 0.15) is 6.54 Å². The van der Waals surface area contributed by atoms with Gasteiger partial charge in [-0.25, -0.2) is 4.79 Å². The zero-order valence-electron chi connectivity index (χ0n) is 16.1. The molecule has 0 fully saturated rings. The number of imide groups is 1. The molecule has 0 radical (unpaired) electrons. The first-order chi connectivity index (χ1) is 12.4. The molecule has 1 atom stereocenters. The third kappa shape index (κ3) is 5.62. The second kappa shape index (κ2) is 9.43. The molecule has 1 aromatic carbocycles. The molecular weight excluding hydrogens is 334 g/mol. The number of benzene rings is 1. The summed E-state index contributed by atoms with van der Waals surface area (Å²) >= 11 is 0. The molecule has 1 heterocycles. The Morgan fingerprint density at radius 3 is 2.31 bits per heavy atom. The van der Waals surface area contributed by atoms with E-state index in [2.05, 4.69) is 16.7 Å². The summed E-state index contributed by atoms with van der Waals surface area (Å²) < 4.78 is 11.4. The lowest BCUT2D eigenvalue weighted by atomic mass is 9.99. The Balaban J connectivity index is 2.00. The monoisotopic (exact) mass is 364 g/mol. The minimum absolute atomic E-state index is 0.00599. The first kappa shape index (κ1) is 20.0. The van der Waals surface area contributed by atoms with Gasteiger partial charge in [-0.3, -0.25) is 10.1 Å². The van der Waals surface area contributed by atoms with Gasteiger partial charge >= 0.3 is 6.03 Å². The summed E-state index contributed by atoms with van der Waals surface area (Å²) in [7, 11) is 0. The van der Waals surface area contributed by atoms with E-state index < -0.39 is 6.03 Å². The van der Waals surface area contributed by atoms with Gasteiger partial charge < -0.3 is 19.7 Å². The molecule has 1 aliphatic heterocycles. The lowest BCUT2D eigenvalue weighted by Gasteiger charge is -2.26. The minimum Gasteiger partial charge on any atom is -0.490 e. The minimum atomic E-state index is -0.443. The standard InChI is InChI=1S/C19H29N3O4/c1-5-25-16-9-14-7-8-22(11-15(14)10-17(16)26-6-2)12-18(23)21-19(24)20-13(3)4/h9-10,13H,5-8,11-12H2,1-4H3,(H2,20,21,23,24)/p+1. The molecule has 3 N–H and O–H groups in total. The Morgan fingerprint density at radius 2 is 1.73 bits per heavy atom. The number of fused-ring (bicyclic) bond motifs is 1. The number of amides is 3. The van der Waals surface area contributed by atoms with Gasteiger partial charge in [0.2, 0.25) is 0 Å². The molecule has 26 heavy (non-hydrogen) atoms. The summed E-state index contributed by atoms with van der Waals surface area (Å²) in [5.41, 5.74) is 2.40. The number of ether oxygens (including phenoxy) is 2. The van der Waals surface area contributed by atoms with Crippen LogP contribution in [0.5, 0.6) is 11.5 Å². The Labute approximate surface area is 155 Å². The fraction of sp³-hybridized carbons (Fsp3) is 0.579. The maximum atomic E-state index is 12.1. The molecular formula is C19H30N3O4+. The van der Waals surface area contributed by atoms with Crippen LogP contribution in [0.4, 0.5) is 4.79 Å². The molecule has 0 bridgehead atoms. The average Bonchev–Trinajstić information content (AvgIpc) is 2.55. The Hall–Kier alpha value is -2.28. The van der Waals surface area contributed by atoms with E-state index >= 15 is 0 Å². The lowest BCUT2D eigenvalue weighted by Crippen LogP contribution is -3.13. The quantitative estimate of drug-likeness (QED) is 0.664. The van der Waals surface area contributed by atoms with Crippen LogP contribution >= 0.6 is 0 Å². The maximum Gasteiger partial charge on any atom is 0.321 e. The van der Waals surface area contributed by atoms with Crippen molar-refractivity contribution in [2.45, 2.75) is 46.7 Å². The predicted molar refractivity (Wildman–Crippen MR) is 98.7 cm³/mol. The van der Waals surface area contributed by atoms with Crippen molar-refractivity contribution in [1.82, 2.24) is 10.6 Å². The van der Waals surface area contributed by atoms with Crippen LogP contribution in [0.25, 0.3) is 0 Å². The normalized spacial score (nSPS) is 16.0. The fourth-order valence-electron chi connectivity index (χ4n) is 3.09. The van der Waals surface area contributed by atoms with Gasteiger partial charge in [-0.2, -0.15) is 0 Å². The van der Waals surface area contributed by atoms with Crippen molar-refractivity contribution >= 4 is 11.9 Å². The summed E-state index contributed by atoms with van der Waals surface area (Å²) in [4.78, 5) is 24.8. The molecule has 7 heteroatoms. The van der Waals surface area contributed by atoms with E-state index in [-0.39, 0.29) is 18.5 Å². The van der Waals surface area contributed by atoms with Crippen LogP contribution in [0.3, 0.4) is 0 Å². The van der Waals surface area contributed by atoms with Crippen molar-refractivity contribution in [2.75, 3.05) is 26.3 Å². The molecule has 1 aliphatic rings. The zero-order valence-corrected chi connectivity index (χ0v) is 16.1. The number of hydrogen-bond donors (Lipinski definition) is 3. The van der Waals surface area contributed by atoms with Gasteiger partial charge in [0.25, 0.3) is 5.91 Å². The van der Waals surface area contributed by atoms with Gasteiger partial charge in [0.05, 0.1) is 19.8 Å². The van der Waals surface area contributed by atoms with Gasteiger partial charge in [-0.1, -0.05) is 0 Å². The van der Waals surface area contributed by atoms with Crippen molar-refractivity contribution < 1.29 is 24.0 Å². The molecule has 7 nitrogen and oxygen atoms in total. The van der Waals surface area contributed by atoms with Gasteiger partial charge in [0, 0.05) is 18.0 Å². The Bertz CT molecular complexity index is 646. The topological polar surface area (TPSA) is 81.1 Å². The molecule has 1 unspecified atom stereocenters. The van der Waals surface area contributed by atoms with E-state index in [1.807, 2.05) is 33.8 Å². The van der Waals surface area contributed by atoms with Crippen LogP contribution in [0.15, 0.2) is 12.1 Å². The Morgan fingerprint density at radius 1 is 1.12 bits per heavy atom. The summed E-state index contributed by atoms with van der Waals surface area (Å²) in [6.07, 6.45) is 0.864. The summed E-state index contributed by atoms with van der Waals surface area (Å²) in [6.45, 7) is 10.6.